The number of nitrogens with one attached hydrogen (secondary N) is 1. The Bertz CT molecular complexity index is 217. The van der Waals surface area contributed by atoms with E-state index in [0.29, 0.717) is 6.04 Å². The molecular weight excluding hydrogens is 216 g/mol. The van der Waals surface area contributed by atoms with Crippen LogP contribution in [0.25, 0.3) is 0 Å². The topological polar surface area (TPSA) is 44.7 Å². The van der Waals surface area contributed by atoms with Crippen LogP contribution in [0.15, 0.2) is 0 Å². The van der Waals surface area contributed by atoms with Crippen molar-refractivity contribution in [3.05, 3.63) is 0 Å². The molecule has 0 aliphatic carbocycles. The third-order valence-electron chi connectivity index (χ3n) is 3.79. The second-order valence-electron chi connectivity index (χ2n) is 5.53. The van der Waals surface area contributed by atoms with Gasteiger partial charge in [0.05, 0.1) is 19.3 Å². The van der Waals surface area contributed by atoms with Crippen molar-refractivity contribution in [1.82, 2.24) is 10.2 Å². The van der Waals surface area contributed by atoms with Crippen molar-refractivity contribution in [2.24, 2.45) is 0 Å². The first-order valence-electron chi connectivity index (χ1n) is 6.72. The molecule has 0 amide bonds. The number of aliphatic hydroxyl groups is 1. The molecule has 4 nitrogen and oxygen atoms in total. The summed E-state index contributed by atoms with van der Waals surface area (Å²) < 4.78 is 5.76. The molecular formula is C13H28N2O2. The molecule has 2 N–H and O–H groups in total. The average Bonchev–Trinajstić information content (AvgIpc) is 2.36. The van der Waals surface area contributed by atoms with Gasteiger partial charge < -0.3 is 15.2 Å². The van der Waals surface area contributed by atoms with Crippen LogP contribution in [0.2, 0.25) is 0 Å². The van der Waals surface area contributed by atoms with Gasteiger partial charge in [0.2, 0.25) is 0 Å². The van der Waals surface area contributed by atoms with Crippen molar-refractivity contribution >= 4 is 0 Å². The molecule has 0 bridgehead atoms. The fourth-order valence-electron chi connectivity index (χ4n) is 1.99. The molecule has 2 unspecified atom stereocenters. The van der Waals surface area contributed by atoms with E-state index in [1.54, 1.807) is 0 Å². The number of ether oxygens (including phenoxy) is 1. The Balaban J connectivity index is 2.36. The van der Waals surface area contributed by atoms with Crippen molar-refractivity contribution in [1.29, 1.82) is 0 Å². The molecule has 102 valence electrons. The van der Waals surface area contributed by atoms with Crippen LogP contribution in [0.3, 0.4) is 0 Å². The number of hydrogen-bond acceptors (Lipinski definition) is 4. The molecule has 1 rings (SSSR count). The number of nitrogens with zero attached hydrogens (tertiary/aromatic N) is 1. The van der Waals surface area contributed by atoms with Crippen molar-refractivity contribution in [3.8, 4) is 0 Å². The van der Waals surface area contributed by atoms with E-state index >= 15 is 0 Å². The Labute approximate surface area is 105 Å². The summed E-state index contributed by atoms with van der Waals surface area (Å²) in [6, 6.07) is 0.580. The van der Waals surface area contributed by atoms with Gasteiger partial charge in [0, 0.05) is 31.2 Å². The molecule has 0 saturated carbocycles. The first kappa shape index (κ1) is 14.9. The third-order valence-corrected chi connectivity index (χ3v) is 3.79. The van der Waals surface area contributed by atoms with Crippen LogP contribution in [0.1, 0.15) is 34.1 Å². The van der Waals surface area contributed by atoms with Crippen LogP contribution in [0, 0.1) is 0 Å². The second-order valence-corrected chi connectivity index (χ2v) is 5.53. The van der Waals surface area contributed by atoms with Crippen LogP contribution >= 0.6 is 0 Å². The fraction of sp³-hybridized carbons (Fsp3) is 1.00. The zero-order valence-corrected chi connectivity index (χ0v) is 11.7. The lowest BCUT2D eigenvalue weighted by Crippen LogP contribution is -2.53. The summed E-state index contributed by atoms with van der Waals surface area (Å²) in [5.74, 6) is 0. The van der Waals surface area contributed by atoms with E-state index in [1.807, 2.05) is 0 Å². The Morgan fingerprint density at radius 2 is 2.24 bits per heavy atom. The lowest BCUT2D eigenvalue weighted by molar-refractivity contribution is -0.0411. The standard InChI is InChI=1S/C13H28N2O2/c1-5-13(4,10-16)14-8-12-9-15(11(2)3)6-7-17-12/h11-12,14,16H,5-10H2,1-4H3. The number of aliphatic hydroxyl groups excluding tert-OH is 1. The highest BCUT2D eigenvalue weighted by Gasteiger charge is 2.26. The lowest BCUT2D eigenvalue weighted by atomic mass is 10.00. The molecule has 1 heterocycles. The quantitative estimate of drug-likeness (QED) is 0.727. The van der Waals surface area contributed by atoms with Crippen LogP contribution in [0.5, 0.6) is 0 Å². The van der Waals surface area contributed by atoms with Gasteiger partial charge in [0.25, 0.3) is 0 Å². The fourth-order valence-corrected chi connectivity index (χ4v) is 1.99. The Morgan fingerprint density at radius 1 is 1.53 bits per heavy atom. The summed E-state index contributed by atoms with van der Waals surface area (Å²) in [5.41, 5.74) is -0.177. The van der Waals surface area contributed by atoms with Gasteiger partial charge in [-0.1, -0.05) is 6.92 Å². The minimum Gasteiger partial charge on any atom is -0.394 e. The highest BCUT2D eigenvalue weighted by atomic mass is 16.5. The molecule has 1 aliphatic heterocycles. The summed E-state index contributed by atoms with van der Waals surface area (Å²) in [5, 5.41) is 12.8. The molecule has 0 spiro atoms. The average molecular weight is 244 g/mol. The number of hydrogen-bond donors (Lipinski definition) is 2. The van der Waals surface area contributed by atoms with E-state index < -0.39 is 0 Å². The zero-order chi connectivity index (χ0) is 12.9. The van der Waals surface area contributed by atoms with Gasteiger partial charge in [0.1, 0.15) is 0 Å². The molecule has 1 saturated heterocycles. The molecule has 17 heavy (non-hydrogen) atoms. The van der Waals surface area contributed by atoms with E-state index in [0.717, 1.165) is 32.7 Å². The SMILES string of the molecule is CCC(C)(CO)NCC1CN(C(C)C)CCO1. The predicted octanol–water partition coefficient (Wildman–Crippen LogP) is 0.846. The first-order valence-corrected chi connectivity index (χ1v) is 6.72. The molecule has 0 aromatic rings. The normalized spacial score (nSPS) is 26.1. The second kappa shape index (κ2) is 6.69. The third kappa shape index (κ3) is 4.54. The Kier molecular flexibility index (Phi) is 5.86. The summed E-state index contributed by atoms with van der Waals surface area (Å²) in [7, 11) is 0. The maximum Gasteiger partial charge on any atom is 0.0827 e. The molecule has 0 aromatic heterocycles. The minimum atomic E-state index is -0.177. The molecule has 1 aliphatic rings. The van der Waals surface area contributed by atoms with Gasteiger partial charge in [-0.15, -0.1) is 0 Å². The maximum absolute atomic E-state index is 9.34. The summed E-state index contributed by atoms with van der Waals surface area (Å²) in [6.45, 7) is 12.4. The Hall–Kier alpha value is -0.160. The van der Waals surface area contributed by atoms with Gasteiger partial charge in [0.15, 0.2) is 0 Å². The summed E-state index contributed by atoms with van der Waals surface area (Å²) in [6.07, 6.45) is 1.16. The van der Waals surface area contributed by atoms with E-state index in [4.69, 9.17) is 4.74 Å². The van der Waals surface area contributed by atoms with E-state index in [-0.39, 0.29) is 18.2 Å². The molecule has 0 aromatic carbocycles. The minimum absolute atomic E-state index is 0.171. The number of morpholine rings is 1. The highest BCUT2D eigenvalue weighted by Crippen LogP contribution is 2.11. The largest absolute Gasteiger partial charge is 0.394 e. The van der Waals surface area contributed by atoms with Gasteiger partial charge in [-0.25, -0.2) is 0 Å². The van der Waals surface area contributed by atoms with E-state index in [2.05, 4.69) is 37.9 Å². The van der Waals surface area contributed by atoms with Crippen LogP contribution < -0.4 is 5.32 Å². The zero-order valence-electron chi connectivity index (χ0n) is 11.7. The van der Waals surface area contributed by atoms with Crippen LogP contribution in [-0.2, 0) is 4.74 Å². The summed E-state index contributed by atoms with van der Waals surface area (Å²) in [4.78, 5) is 2.44. The van der Waals surface area contributed by atoms with Gasteiger partial charge in [-0.3, -0.25) is 4.90 Å². The highest BCUT2D eigenvalue weighted by molar-refractivity contribution is 4.84. The first-order chi connectivity index (χ1) is 8.00. The smallest absolute Gasteiger partial charge is 0.0827 e. The Morgan fingerprint density at radius 3 is 2.76 bits per heavy atom. The van der Waals surface area contributed by atoms with Crippen molar-refractivity contribution in [2.45, 2.75) is 51.8 Å². The van der Waals surface area contributed by atoms with E-state index in [1.165, 1.54) is 0 Å². The van der Waals surface area contributed by atoms with Crippen LogP contribution in [-0.4, -0.2) is 60.5 Å². The van der Waals surface area contributed by atoms with E-state index in [9.17, 15) is 5.11 Å². The molecule has 0 radical (unpaired) electrons. The molecule has 2 atom stereocenters. The van der Waals surface area contributed by atoms with Gasteiger partial charge >= 0.3 is 0 Å². The van der Waals surface area contributed by atoms with Gasteiger partial charge in [-0.2, -0.15) is 0 Å². The van der Waals surface area contributed by atoms with Crippen molar-refractivity contribution in [2.75, 3.05) is 32.8 Å². The molecule has 1 fully saturated rings. The van der Waals surface area contributed by atoms with Crippen LogP contribution in [0.4, 0.5) is 0 Å². The van der Waals surface area contributed by atoms with Crippen molar-refractivity contribution in [3.63, 3.8) is 0 Å². The number of rotatable bonds is 6. The monoisotopic (exact) mass is 244 g/mol. The molecule has 4 heteroatoms. The van der Waals surface area contributed by atoms with Crippen molar-refractivity contribution < 1.29 is 9.84 Å². The summed E-state index contributed by atoms with van der Waals surface area (Å²) >= 11 is 0. The maximum atomic E-state index is 9.34. The predicted molar refractivity (Wildman–Crippen MR) is 70.2 cm³/mol. The lowest BCUT2D eigenvalue weighted by Gasteiger charge is -2.37. The van der Waals surface area contributed by atoms with Gasteiger partial charge in [-0.05, 0) is 27.2 Å².